The third kappa shape index (κ3) is 3.85. The summed E-state index contributed by atoms with van der Waals surface area (Å²) in [5.74, 6) is 0. The molecule has 0 aliphatic carbocycles. The van der Waals surface area contributed by atoms with Gasteiger partial charge in [-0.15, -0.1) is 0 Å². The predicted molar refractivity (Wildman–Crippen MR) is 83.9 cm³/mol. The molecule has 19 heavy (non-hydrogen) atoms. The summed E-state index contributed by atoms with van der Waals surface area (Å²) >= 11 is 0. The third-order valence-electron chi connectivity index (χ3n) is 3.54. The molecule has 0 saturated carbocycles. The number of aryl methyl sites for hydroxylation is 2. The molecule has 0 amide bonds. The van der Waals surface area contributed by atoms with Crippen molar-refractivity contribution in [3.05, 3.63) is 65.2 Å². The van der Waals surface area contributed by atoms with Crippen molar-refractivity contribution in [2.75, 3.05) is 18.0 Å². The molecule has 0 atom stereocenters. The van der Waals surface area contributed by atoms with Crippen LogP contribution >= 0.6 is 0 Å². The lowest BCUT2D eigenvalue weighted by molar-refractivity contribution is 0.808. The molecule has 0 bridgehead atoms. The Balaban J connectivity index is 2.01. The van der Waals surface area contributed by atoms with E-state index in [1.165, 1.54) is 22.4 Å². The molecule has 0 radical (unpaired) electrons. The highest BCUT2D eigenvalue weighted by atomic mass is 15.1. The molecular formula is C18H23N. The highest BCUT2D eigenvalue weighted by Crippen LogP contribution is 2.16. The van der Waals surface area contributed by atoms with Crippen molar-refractivity contribution in [2.24, 2.45) is 0 Å². The lowest BCUT2D eigenvalue weighted by Crippen LogP contribution is -2.25. The average Bonchev–Trinajstić information content (AvgIpc) is 2.42. The van der Waals surface area contributed by atoms with Crippen LogP contribution in [0.15, 0.2) is 48.5 Å². The summed E-state index contributed by atoms with van der Waals surface area (Å²) in [4.78, 5) is 2.44. The van der Waals surface area contributed by atoms with Crippen molar-refractivity contribution in [3.63, 3.8) is 0 Å². The number of hydrogen-bond acceptors (Lipinski definition) is 1. The molecule has 0 spiro atoms. The average molecular weight is 253 g/mol. The van der Waals surface area contributed by atoms with Gasteiger partial charge in [0.1, 0.15) is 0 Å². The van der Waals surface area contributed by atoms with E-state index >= 15 is 0 Å². The van der Waals surface area contributed by atoms with Crippen LogP contribution in [0.4, 0.5) is 5.69 Å². The highest BCUT2D eigenvalue weighted by molar-refractivity contribution is 5.48. The number of anilines is 1. The van der Waals surface area contributed by atoms with Gasteiger partial charge in [-0.25, -0.2) is 0 Å². The van der Waals surface area contributed by atoms with Crippen LogP contribution in [0.2, 0.25) is 0 Å². The van der Waals surface area contributed by atoms with Crippen molar-refractivity contribution in [3.8, 4) is 0 Å². The minimum Gasteiger partial charge on any atom is -0.371 e. The second-order valence-corrected chi connectivity index (χ2v) is 5.15. The van der Waals surface area contributed by atoms with Gasteiger partial charge < -0.3 is 4.90 Å². The van der Waals surface area contributed by atoms with Crippen LogP contribution in [0.3, 0.4) is 0 Å². The molecule has 2 aromatic rings. The largest absolute Gasteiger partial charge is 0.371 e. The molecular weight excluding hydrogens is 230 g/mol. The lowest BCUT2D eigenvalue weighted by atomic mass is 10.1. The molecule has 0 unspecified atom stereocenters. The summed E-state index contributed by atoms with van der Waals surface area (Å²) in [6.07, 6.45) is 1.10. The van der Waals surface area contributed by atoms with E-state index in [4.69, 9.17) is 0 Å². The minimum absolute atomic E-state index is 1.05. The number of benzene rings is 2. The SMILES string of the molecule is CCN(CCc1ccc(C)cc1)c1cccc(C)c1. The minimum atomic E-state index is 1.05. The lowest BCUT2D eigenvalue weighted by Gasteiger charge is -2.23. The van der Waals surface area contributed by atoms with Crippen LogP contribution in [-0.2, 0) is 6.42 Å². The Bertz CT molecular complexity index is 513. The topological polar surface area (TPSA) is 3.24 Å². The molecule has 2 aromatic carbocycles. The van der Waals surface area contributed by atoms with Gasteiger partial charge >= 0.3 is 0 Å². The van der Waals surface area contributed by atoms with Crippen LogP contribution in [0.1, 0.15) is 23.6 Å². The second kappa shape index (κ2) is 6.42. The van der Waals surface area contributed by atoms with Gasteiger partial charge in [0, 0.05) is 18.8 Å². The first-order chi connectivity index (χ1) is 9.19. The van der Waals surface area contributed by atoms with E-state index in [0.717, 1.165) is 19.5 Å². The van der Waals surface area contributed by atoms with E-state index < -0.39 is 0 Å². The van der Waals surface area contributed by atoms with Crippen molar-refractivity contribution < 1.29 is 0 Å². The normalized spacial score (nSPS) is 10.5. The quantitative estimate of drug-likeness (QED) is 0.764. The van der Waals surface area contributed by atoms with Gasteiger partial charge in [0.25, 0.3) is 0 Å². The Hall–Kier alpha value is -1.76. The number of rotatable bonds is 5. The summed E-state index contributed by atoms with van der Waals surface area (Å²) in [6, 6.07) is 17.6. The third-order valence-corrected chi connectivity index (χ3v) is 3.54. The highest BCUT2D eigenvalue weighted by Gasteiger charge is 2.04. The second-order valence-electron chi connectivity index (χ2n) is 5.15. The van der Waals surface area contributed by atoms with Gasteiger partial charge in [0.2, 0.25) is 0 Å². The molecule has 100 valence electrons. The summed E-state index contributed by atoms with van der Waals surface area (Å²) in [5, 5.41) is 0. The van der Waals surface area contributed by atoms with Crippen LogP contribution in [0.5, 0.6) is 0 Å². The van der Waals surface area contributed by atoms with Crippen molar-refractivity contribution in [1.82, 2.24) is 0 Å². The molecule has 0 saturated heterocycles. The number of nitrogens with zero attached hydrogens (tertiary/aromatic N) is 1. The maximum atomic E-state index is 2.44. The molecule has 2 rings (SSSR count). The van der Waals surface area contributed by atoms with Crippen molar-refractivity contribution in [1.29, 1.82) is 0 Å². The van der Waals surface area contributed by atoms with Gasteiger partial charge in [-0.2, -0.15) is 0 Å². The fraction of sp³-hybridized carbons (Fsp3) is 0.333. The maximum absolute atomic E-state index is 2.44. The molecule has 0 aromatic heterocycles. The first kappa shape index (κ1) is 13.7. The van der Waals surface area contributed by atoms with Crippen LogP contribution in [0.25, 0.3) is 0 Å². The molecule has 0 fully saturated rings. The van der Waals surface area contributed by atoms with Crippen LogP contribution in [0, 0.1) is 13.8 Å². The van der Waals surface area contributed by atoms with E-state index in [9.17, 15) is 0 Å². The van der Waals surface area contributed by atoms with Gasteiger partial charge in [0.05, 0.1) is 0 Å². The molecule has 0 heterocycles. The van der Waals surface area contributed by atoms with Crippen LogP contribution < -0.4 is 4.90 Å². The van der Waals surface area contributed by atoms with E-state index in [0.29, 0.717) is 0 Å². The Morgan fingerprint density at radius 3 is 2.26 bits per heavy atom. The Morgan fingerprint density at radius 1 is 0.895 bits per heavy atom. The first-order valence-electron chi connectivity index (χ1n) is 7.06. The van der Waals surface area contributed by atoms with E-state index in [1.54, 1.807) is 0 Å². The zero-order valence-corrected chi connectivity index (χ0v) is 12.2. The van der Waals surface area contributed by atoms with Gasteiger partial charge in [0.15, 0.2) is 0 Å². The Labute approximate surface area is 116 Å². The predicted octanol–water partition coefficient (Wildman–Crippen LogP) is 4.37. The Kier molecular flexibility index (Phi) is 4.62. The van der Waals surface area contributed by atoms with Gasteiger partial charge in [-0.1, -0.05) is 42.0 Å². The number of hydrogen-bond donors (Lipinski definition) is 0. The smallest absolute Gasteiger partial charge is 0.0368 e. The fourth-order valence-electron chi connectivity index (χ4n) is 2.31. The van der Waals surface area contributed by atoms with Gasteiger partial charge in [-0.3, -0.25) is 0 Å². The molecule has 1 heteroatoms. The van der Waals surface area contributed by atoms with E-state index in [2.05, 4.69) is 74.2 Å². The molecule has 0 N–H and O–H groups in total. The zero-order chi connectivity index (χ0) is 13.7. The maximum Gasteiger partial charge on any atom is 0.0368 e. The molecule has 0 aliphatic heterocycles. The van der Waals surface area contributed by atoms with Crippen LogP contribution in [-0.4, -0.2) is 13.1 Å². The van der Waals surface area contributed by atoms with Gasteiger partial charge in [-0.05, 0) is 50.5 Å². The van der Waals surface area contributed by atoms with Crippen molar-refractivity contribution >= 4 is 5.69 Å². The zero-order valence-electron chi connectivity index (χ0n) is 12.2. The number of likely N-dealkylation sites (N-methyl/N-ethyl adjacent to an activating group) is 1. The molecule has 0 aliphatic rings. The summed E-state index contributed by atoms with van der Waals surface area (Å²) in [5.41, 5.74) is 5.40. The Morgan fingerprint density at radius 2 is 1.63 bits per heavy atom. The van der Waals surface area contributed by atoms with E-state index in [1.807, 2.05) is 0 Å². The summed E-state index contributed by atoms with van der Waals surface area (Å²) < 4.78 is 0. The monoisotopic (exact) mass is 253 g/mol. The molecule has 1 nitrogen and oxygen atoms in total. The summed E-state index contributed by atoms with van der Waals surface area (Å²) in [7, 11) is 0. The fourth-order valence-corrected chi connectivity index (χ4v) is 2.31. The first-order valence-corrected chi connectivity index (χ1v) is 7.06. The van der Waals surface area contributed by atoms with E-state index in [-0.39, 0.29) is 0 Å². The standard InChI is InChI=1S/C18H23N/c1-4-19(18-7-5-6-16(3)14-18)13-12-17-10-8-15(2)9-11-17/h5-11,14H,4,12-13H2,1-3H3. The summed E-state index contributed by atoms with van der Waals surface area (Å²) in [6.45, 7) is 8.63. The van der Waals surface area contributed by atoms with Crippen molar-refractivity contribution in [2.45, 2.75) is 27.2 Å².